The van der Waals surface area contributed by atoms with Crippen LogP contribution < -0.4 is 4.90 Å². The van der Waals surface area contributed by atoms with Gasteiger partial charge in [0.25, 0.3) is 0 Å². The van der Waals surface area contributed by atoms with Gasteiger partial charge in [-0.05, 0) is 101 Å². The molecule has 0 unspecified atom stereocenters. The van der Waals surface area contributed by atoms with Crippen LogP contribution in [0.4, 0.5) is 17.1 Å². The van der Waals surface area contributed by atoms with Crippen LogP contribution in [0.25, 0.3) is 45.5 Å². The first kappa shape index (κ1) is 31.2. The monoisotopic (exact) mass is 645 g/mol. The molecule has 0 aliphatic heterocycles. The molecule has 6 aromatic rings. The molecule has 1 heterocycles. The van der Waals surface area contributed by atoms with E-state index in [-0.39, 0.29) is 0 Å². The van der Waals surface area contributed by atoms with E-state index < -0.39 is 0 Å². The average Bonchev–Trinajstić information content (AvgIpc) is 3.58. The second-order valence-corrected chi connectivity index (χ2v) is 12.8. The van der Waals surface area contributed by atoms with Crippen molar-refractivity contribution in [2.24, 2.45) is 0 Å². The fourth-order valence-corrected chi connectivity index (χ4v) is 7.40. The van der Waals surface area contributed by atoms with Crippen molar-refractivity contribution >= 4 is 62.6 Å². The van der Waals surface area contributed by atoms with Crippen LogP contribution in [0.2, 0.25) is 0 Å². The molecule has 2 nitrogen and oxygen atoms in total. The molecule has 1 aromatic heterocycles. The molecule has 0 spiro atoms. The summed E-state index contributed by atoms with van der Waals surface area (Å²) in [4.78, 5) is 2.44. The van der Waals surface area contributed by atoms with Gasteiger partial charge in [0.1, 0.15) is 11.3 Å². The van der Waals surface area contributed by atoms with E-state index in [1.165, 1.54) is 33.3 Å². The lowest BCUT2D eigenvalue weighted by Gasteiger charge is -2.33. The Morgan fingerprint density at radius 1 is 0.660 bits per heavy atom. The normalized spacial score (nSPS) is 14.0. The lowest BCUT2D eigenvalue weighted by molar-refractivity contribution is 0.601. The van der Waals surface area contributed by atoms with E-state index >= 15 is 0 Å². The zero-order chi connectivity index (χ0) is 33.9. The van der Waals surface area contributed by atoms with Crippen LogP contribution in [-0.4, -0.2) is 0 Å². The Hall–Kier alpha value is -6.12. The molecular weight excluding hydrogens is 607 g/mol. The van der Waals surface area contributed by atoms with E-state index in [4.69, 9.17) is 4.42 Å². The highest BCUT2D eigenvalue weighted by Gasteiger charge is 2.26. The van der Waals surface area contributed by atoms with Gasteiger partial charge in [-0.15, -0.1) is 0 Å². The number of nitrogens with zero attached hydrogens (tertiary/aromatic N) is 1. The lowest BCUT2D eigenvalue weighted by Crippen LogP contribution is -2.17. The summed E-state index contributed by atoms with van der Waals surface area (Å²) in [5.74, 6) is 0.811. The standard InChI is InChI=1S/C48H39NO/c1-3-5-6-7-17-34-26-28-39(29-27-34)49(46-31-37-20-10-11-21-40(37)41-22-12-13-23-42(41)46)45-25-15-14-24-43(45)44(16-4-2)48-33-38-30-35-18-8-9-19-36(35)32-47(38)50-48/h3-10,13-20,23-33H,1-2,11-12,21-22H2/b6-5-,17-7+,44-16-. The van der Waals surface area contributed by atoms with Gasteiger partial charge in [0.15, 0.2) is 0 Å². The molecule has 0 fully saturated rings. The van der Waals surface area contributed by atoms with Crippen molar-refractivity contribution in [2.45, 2.75) is 25.7 Å². The molecule has 0 bridgehead atoms. The number of para-hydroxylation sites is 1. The Morgan fingerprint density at radius 2 is 1.42 bits per heavy atom. The highest BCUT2D eigenvalue weighted by atomic mass is 16.3. The smallest absolute Gasteiger partial charge is 0.136 e. The molecule has 0 saturated carbocycles. The number of fused-ring (bicyclic) bond motifs is 5. The Kier molecular flexibility index (Phi) is 8.59. The van der Waals surface area contributed by atoms with Gasteiger partial charge in [-0.25, -0.2) is 0 Å². The van der Waals surface area contributed by atoms with Gasteiger partial charge >= 0.3 is 0 Å². The van der Waals surface area contributed by atoms with E-state index in [1.807, 2.05) is 24.3 Å². The van der Waals surface area contributed by atoms with Gasteiger partial charge in [-0.3, -0.25) is 0 Å². The van der Waals surface area contributed by atoms with Crippen molar-refractivity contribution in [3.63, 3.8) is 0 Å². The van der Waals surface area contributed by atoms with Gasteiger partial charge in [-0.1, -0.05) is 135 Å². The van der Waals surface area contributed by atoms with Gasteiger partial charge in [0.2, 0.25) is 0 Å². The minimum Gasteiger partial charge on any atom is -0.456 e. The van der Waals surface area contributed by atoms with E-state index in [2.05, 4.69) is 152 Å². The summed E-state index contributed by atoms with van der Waals surface area (Å²) in [5, 5.41) is 3.44. The first-order valence-corrected chi connectivity index (χ1v) is 17.4. The van der Waals surface area contributed by atoms with Crippen LogP contribution in [0.5, 0.6) is 0 Å². The van der Waals surface area contributed by atoms with Gasteiger partial charge < -0.3 is 9.32 Å². The van der Waals surface area contributed by atoms with Crippen molar-refractivity contribution in [1.82, 2.24) is 0 Å². The van der Waals surface area contributed by atoms with Gasteiger partial charge in [0, 0.05) is 27.8 Å². The molecule has 242 valence electrons. The van der Waals surface area contributed by atoms with Crippen LogP contribution in [-0.2, 0) is 12.8 Å². The van der Waals surface area contributed by atoms with Crippen molar-refractivity contribution < 1.29 is 4.42 Å². The van der Waals surface area contributed by atoms with Crippen LogP contribution >= 0.6 is 0 Å². The molecule has 2 aliphatic carbocycles. The Morgan fingerprint density at radius 3 is 2.24 bits per heavy atom. The van der Waals surface area contributed by atoms with E-state index in [1.54, 1.807) is 6.08 Å². The molecule has 8 rings (SSSR count). The van der Waals surface area contributed by atoms with Crippen molar-refractivity contribution in [3.8, 4) is 0 Å². The minimum absolute atomic E-state index is 0.811. The predicted octanol–water partition coefficient (Wildman–Crippen LogP) is 13.3. The fraction of sp³-hybridized carbons (Fsp3) is 0.0833. The summed E-state index contributed by atoms with van der Waals surface area (Å²) in [6.45, 7) is 7.90. The molecule has 0 amide bonds. The van der Waals surface area contributed by atoms with E-state index in [0.29, 0.717) is 0 Å². The number of hydrogen-bond donors (Lipinski definition) is 0. The Bertz CT molecular complexity index is 2350. The minimum atomic E-state index is 0.811. The highest BCUT2D eigenvalue weighted by molar-refractivity contribution is 5.99. The maximum atomic E-state index is 6.65. The average molecular weight is 646 g/mol. The van der Waals surface area contributed by atoms with Gasteiger partial charge in [0.05, 0.1) is 11.4 Å². The summed E-state index contributed by atoms with van der Waals surface area (Å²) in [5.41, 5.74) is 13.0. The SMILES string of the molecule is C=C/C=C\C=C\c1ccc(N(c2ccccc2/C(=C/C=C)c2cc3cc4ccccc4cc3o2)c2cc3c(c4c2C=CCC4)CCC=C3)cc1. The molecule has 5 aromatic carbocycles. The van der Waals surface area contributed by atoms with Crippen LogP contribution in [0.3, 0.4) is 0 Å². The topological polar surface area (TPSA) is 16.4 Å². The number of hydrogen-bond acceptors (Lipinski definition) is 2. The quantitative estimate of drug-likeness (QED) is 0.146. The van der Waals surface area contributed by atoms with Crippen molar-refractivity contribution in [3.05, 3.63) is 198 Å². The first-order valence-electron chi connectivity index (χ1n) is 17.4. The molecule has 0 N–H and O–H groups in total. The fourth-order valence-electron chi connectivity index (χ4n) is 7.40. The third-order valence-electron chi connectivity index (χ3n) is 9.72. The molecule has 2 aliphatic rings. The third kappa shape index (κ3) is 5.90. The molecule has 0 atom stereocenters. The van der Waals surface area contributed by atoms with Crippen molar-refractivity contribution in [1.29, 1.82) is 0 Å². The van der Waals surface area contributed by atoms with Crippen molar-refractivity contribution in [2.75, 3.05) is 4.90 Å². The summed E-state index contributed by atoms with van der Waals surface area (Å²) >= 11 is 0. The molecular formula is C48H39NO. The highest BCUT2D eigenvalue weighted by Crippen LogP contribution is 2.46. The largest absolute Gasteiger partial charge is 0.456 e. The number of benzene rings is 5. The summed E-state index contributed by atoms with van der Waals surface area (Å²) in [6.07, 6.45) is 27.4. The third-order valence-corrected chi connectivity index (χ3v) is 9.72. The number of anilines is 3. The summed E-state index contributed by atoms with van der Waals surface area (Å²) in [7, 11) is 0. The first-order chi connectivity index (χ1) is 24.7. The van der Waals surface area contributed by atoms with Gasteiger partial charge in [-0.2, -0.15) is 0 Å². The van der Waals surface area contributed by atoms with E-state index in [9.17, 15) is 0 Å². The van der Waals surface area contributed by atoms with Crippen LogP contribution in [0, 0.1) is 0 Å². The van der Waals surface area contributed by atoms with Crippen LogP contribution in [0.1, 0.15) is 52.0 Å². The Balaban J connectivity index is 1.33. The number of allylic oxidation sites excluding steroid dienone is 8. The number of rotatable bonds is 9. The van der Waals surface area contributed by atoms with Crippen LogP contribution in [0.15, 0.2) is 163 Å². The second-order valence-electron chi connectivity index (χ2n) is 12.8. The summed E-state index contributed by atoms with van der Waals surface area (Å²) in [6, 6.07) is 34.8. The molecule has 0 radical (unpaired) electrons. The molecule has 2 heteroatoms. The molecule has 50 heavy (non-hydrogen) atoms. The number of furan rings is 1. The van der Waals surface area contributed by atoms with E-state index in [0.717, 1.165) is 75.9 Å². The zero-order valence-corrected chi connectivity index (χ0v) is 28.2. The zero-order valence-electron chi connectivity index (χ0n) is 28.2. The second kappa shape index (κ2) is 13.8. The predicted molar refractivity (Wildman–Crippen MR) is 215 cm³/mol. The maximum absolute atomic E-state index is 6.65. The Labute approximate surface area is 294 Å². The maximum Gasteiger partial charge on any atom is 0.136 e. The lowest BCUT2D eigenvalue weighted by atomic mass is 9.83. The molecule has 0 saturated heterocycles. The summed E-state index contributed by atoms with van der Waals surface area (Å²) < 4.78 is 6.65.